The molecule has 1 saturated carbocycles. The predicted octanol–water partition coefficient (Wildman–Crippen LogP) is 2.98. The Morgan fingerprint density at radius 3 is 2.85 bits per heavy atom. The van der Waals surface area contributed by atoms with Crippen molar-refractivity contribution in [3.8, 4) is 0 Å². The van der Waals surface area contributed by atoms with Crippen molar-refractivity contribution in [2.24, 2.45) is 5.92 Å². The highest BCUT2D eigenvalue weighted by atomic mass is 35.5. The summed E-state index contributed by atoms with van der Waals surface area (Å²) in [6.45, 7) is 4.54. The van der Waals surface area contributed by atoms with Gasteiger partial charge in [0, 0.05) is 12.2 Å². The number of rotatable bonds is 7. The lowest BCUT2D eigenvalue weighted by Gasteiger charge is -2.21. The molecule has 0 unspecified atom stereocenters. The third kappa shape index (κ3) is 4.69. The van der Waals surface area contributed by atoms with Gasteiger partial charge in [-0.3, -0.25) is 9.69 Å². The fraction of sp³-hybridized carbons (Fsp3) is 0.533. The van der Waals surface area contributed by atoms with Gasteiger partial charge in [-0.25, -0.2) is 0 Å². The third-order valence-corrected chi connectivity index (χ3v) is 3.70. The van der Waals surface area contributed by atoms with Crippen LogP contribution in [0.1, 0.15) is 26.2 Å². The molecule has 1 aromatic rings. The molecule has 0 aromatic heterocycles. The van der Waals surface area contributed by atoms with E-state index in [-0.39, 0.29) is 5.91 Å². The number of nitrogens with two attached hydrogens (primary N) is 1. The molecule has 20 heavy (non-hydrogen) atoms. The van der Waals surface area contributed by atoms with E-state index >= 15 is 0 Å². The molecule has 4 nitrogen and oxygen atoms in total. The van der Waals surface area contributed by atoms with Crippen LogP contribution in [-0.4, -0.2) is 30.4 Å². The van der Waals surface area contributed by atoms with E-state index in [1.165, 1.54) is 12.8 Å². The summed E-state index contributed by atoms with van der Waals surface area (Å²) in [5.41, 5.74) is 6.85. The van der Waals surface area contributed by atoms with E-state index in [4.69, 9.17) is 17.3 Å². The number of halogens is 1. The molecule has 0 atom stereocenters. The molecule has 110 valence electrons. The molecule has 1 aromatic carbocycles. The molecule has 2 rings (SSSR count). The topological polar surface area (TPSA) is 58.4 Å². The Morgan fingerprint density at radius 2 is 2.25 bits per heavy atom. The maximum Gasteiger partial charge on any atom is 0.238 e. The molecule has 0 heterocycles. The second-order valence-electron chi connectivity index (χ2n) is 5.47. The Labute approximate surface area is 125 Å². The second kappa shape index (κ2) is 6.95. The molecule has 0 bridgehead atoms. The number of carbonyl (C=O) groups excluding carboxylic acids is 1. The number of amides is 1. The zero-order valence-electron chi connectivity index (χ0n) is 11.9. The first kappa shape index (κ1) is 15.1. The quantitative estimate of drug-likeness (QED) is 0.760. The van der Waals surface area contributed by atoms with Crippen molar-refractivity contribution in [2.75, 3.05) is 30.7 Å². The lowest BCUT2D eigenvalue weighted by molar-refractivity contribution is -0.117. The van der Waals surface area contributed by atoms with Crippen LogP contribution in [0.3, 0.4) is 0 Å². The zero-order chi connectivity index (χ0) is 14.5. The predicted molar refractivity (Wildman–Crippen MR) is 83.9 cm³/mol. The average molecular weight is 296 g/mol. The normalized spacial score (nSPS) is 14.6. The van der Waals surface area contributed by atoms with E-state index in [2.05, 4.69) is 17.1 Å². The molecule has 0 radical (unpaired) electrons. The van der Waals surface area contributed by atoms with Crippen LogP contribution in [0, 0.1) is 5.92 Å². The number of carbonyl (C=O) groups is 1. The highest BCUT2D eigenvalue weighted by molar-refractivity contribution is 6.34. The molecule has 1 amide bonds. The highest BCUT2D eigenvalue weighted by Crippen LogP contribution is 2.29. The van der Waals surface area contributed by atoms with E-state index < -0.39 is 0 Å². The minimum absolute atomic E-state index is 0.0224. The summed E-state index contributed by atoms with van der Waals surface area (Å²) in [7, 11) is 0. The molecule has 3 N–H and O–H groups in total. The SMILES string of the molecule is CCCN(CC(=O)Nc1ccc(N)cc1Cl)CC1CC1. The molecule has 1 aliphatic rings. The fourth-order valence-electron chi connectivity index (χ4n) is 2.24. The van der Waals surface area contributed by atoms with Crippen LogP contribution in [0.25, 0.3) is 0 Å². The van der Waals surface area contributed by atoms with Crippen LogP contribution >= 0.6 is 11.6 Å². The van der Waals surface area contributed by atoms with Gasteiger partial charge in [-0.05, 0) is 49.9 Å². The van der Waals surface area contributed by atoms with Gasteiger partial charge >= 0.3 is 0 Å². The van der Waals surface area contributed by atoms with E-state index in [0.717, 1.165) is 25.4 Å². The summed E-state index contributed by atoms with van der Waals surface area (Å²) >= 11 is 6.06. The van der Waals surface area contributed by atoms with Crippen LogP contribution in [0.5, 0.6) is 0 Å². The number of nitrogens with one attached hydrogen (secondary N) is 1. The van der Waals surface area contributed by atoms with Crippen molar-refractivity contribution < 1.29 is 4.79 Å². The Balaban J connectivity index is 1.89. The van der Waals surface area contributed by atoms with Crippen LogP contribution in [0.2, 0.25) is 5.02 Å². The summed E-state index contributed by atoms with van der Waals surface area (Å²) in [4.78, 5) is 14.3. The van der Waals surface area contributed by atoms with Crippen LogP contribution < -0.4 is 11.1 Å². The van der Waals surface area contributed by atoms with Gasteiger partial charge in [-0.15, -0.1) is 0 Å². The van der Waals surface area contributed by atoms with Crippen molar-refractivity contribution in [2.45, 2.75) is 26.2 Å². The van der Waals surface area contributed by atoms with E-state index in [9.17, 15) is 4.79 Å². The van der Waals surface area contributed by atoms with Crippen molar-refractivity contribution in [1.29, 1.82) is 0 Å². The highest BCUT2D eigenvalue weighted by Gasteiger charge is 2.24. The van der Waals surface area contributed by atoms with Gasteiger partial charge in [-0.2, -0.15) is 0 Å². The number of hydrogen-bond acceptors (Lipinski definition) is 3. The van der Waals surface area contributed by atoms with Gasteiger partial charge in [0.2, 0.25) is 5.91 Å². The zero-order valence-corrected chi connectivity index (χ0v) is 12.6. The molecular formula is C15H22ClN3O. The number of benzene rings is 1. The summed E-state index contributed by atoms with van der Waals surface area (Å²) < 4.78 is 0. The Kier molecular flexibility index (Phi) is 5.26. The van der Waals surface area contributed by atoms with Gasteiger partial charge in [0.05, 0.1) is 17.3 Å². The largest absolute Gasteiger partial charge is 0.399 e. The van der Waals surface area contributed by atoms with Crippen molar-refractivity contribution in [3.63, 3.8) is 0 Å². The van der Waals surface area contributed by atoms with E-state index in [1.54, 1.807) is 18.2 Å². The summed E-state index contributed by atoms with van der Waals surface area (Å²) in [6, 6.07) is 5.11. The molecule has 1 fully saturated rings. The van der Waals surface area contributed by atoms with Gasteiger partial charge in [-0.1, -0.05) is 18.5 Å². The van der Waals surface area contributed by atoms with Gasteiger partial charge < -0.3 is 11.1 Å². The van der Waals surface area contributed by atoms with Gasteiger partial charge in [0.1, 0.15) is 0 Å². The minimum Gasteiger partial charge on any atom is -0.399 e. The number of hydrogen-bond donors (Lipinski definition) is 2. The first-order valence-corrected chi connectivity index (χ1v) is 7.53. The molecule has 0 spiro atoms. The van der Waals surface area contributed by atoms with Crippen LogP contribution in [-0.2, 0) is 4.79 Å². The lowest BCUT2D eigenvalue weighted by Crippen LogP contribution is -2.35. The lowest BCUT2D eigenvalue weighted by atomic mass is 10.2. The summed E-state index contributed by atoms with van der Waals surface area (Å²) in [5.74, 6) is 0.764. The first-order valence-electron chi connectivity index (χ1n) is 7.15. The Bertz CT molecular complexity index is 474. The van der Waals surface area contributed by atoms with Crippen LogP contribution in [0.15, 0.2) is 18.2 Å². The molecule has 5 heteroatoms. The average Bonchev–Trinajstić information content (AvgIpc) is 3.17. The smallest absolute Gasteiger partial charge is 0.238 e. The molecular weight excluding hydrogens is 274 g/mol. The van der Waals surface area contributed by atoms with Crippen molar-refractivity contribution >= 4 is 28.9 Å². The Morgan fingerprint density at radius 1 is 1.50 bits per heavy atom. The molecule has 0 aliphatic heterocycles. The molecule has 1 aliphatic carbocycles. The van der Waals surface area contributed by atoms with Crippen molar-refractivity contribution in [3.05, 3.63) is 23.2 Å². The minimum atomic E-state index is -0.0224. The number of nitrogen functional groups attached to an aromatic ring is 1. The number of nitrogens with zero attached hydrogens (tertiary/aromatic N) is 1. The Hall–Kier alpha value is -1.26. The molecule has 0 saturated heterocycles. The second-order valence-corrected chi connectivity index (χ2v) is 5.87. The standard InChI is InChI=1S/C15H22ClN3O/c1-2-7-19(9-11-3-4-11)10-15(20)18-14-6-5-12(17)8-13(14)16/h5-6,8,11H,2-4,7,9-10,17H2,1H3,(H,18,20). The monoisotopic (exact) mass is 295 g/mol. The van der Waals surface area contributed by atoms with Crippen molar-refractivity contribution in [1.82, 2.24) is 4.90 Å². The summed E-state index contributed by atoms with van der Waals surface area (Å²) in [6.07, 6.45) is 3.65. The summed E-state index contributed by atoms with van der Waals surface area (Å²) in [5, 5.41) is 3.33. The van der Waals surface area contributed by atoms with E-state index in [1.807, 2.05) is 0 Å². The van der Waals surface area contributed by atoms with Gasteiger partial charge in [0.15, 0.2) is 0 Å². The number of anilines is 2. The maximum absolute atomic E-state index is 12.1. The van der Waals surface area contributed by atoms with Crippen LogP contribution in [0.4, 0.5) is 11.4 Å². The first-order chi connectivity index (χ1) is 9.58. The van der Waals surface area contributed by atoms with E-state index in [0.29, 0.717) is 22.9 Å². The van der Waals surface area contributed by atoms with Gasteiger partial charge in [0.25, 0.3) is 0 Å². The fourth-order valence-corrected chi connectivity index (χ4v) is 2.48. The maximum atomic E-state index is 12.1. The third-order valence-electron chi connectivity index (χ3n) is 3.39.